The molecule has 0 aromatic carbocycles. The van der Waals surface area contributed by atoms with Crippen LogP contribution in [0.3, 0.4) is 0 Å². The van der Waals surface area contributed by atoms with Crippen LogP contribution in [-0.4, -0.2) is 32.4 Å². The van der Waals surface area contributed by atoms with Crippen LogP contribution in [0.25, 0.3) is 0 Å². The van der Waals surface area contributed by atoms with E-state index in [1.807, 2.05) is 0 Å². The van der Waals surface area contributed by atoms with Crippen molar-refractivity contribution in [3.63, 3.8) is 0 Å². The normalized spacial score (nSPS) is 18.2. The minimum Gasteiger partial charge on any atom is -0.380 e. The number of nitrogens with zero attached hydrogens (tertiary/aromatic N) is 5. The van der Waals surface area contributed by atoms with Crippen molar-refractivity contribution in [3.8, 4) is 0 Å². The molecule has 0 saturated heterocycles. The number of nitrogens with two attached hydrogens (primary N) is 1. The molecule has 1 aliphatic heterocycles. The van der Waals surface area contributed by atoms with Gasteiger partial charge in [0.2, 0.25) is 5.95 Å². The van der Waals surface area contributed by atoms with E-state index in [2.05, 4.69) is 35.9 Å². The molecule has 72 valence electrons. The summed E-state index contributed by atoms with van der Waals surface area (Å²) in [5.41, 5.74) is 9.35. The Labute approximate surface area is 79.0 Å². The van der Waals surface area contributed by atoms with Crippen molar-refractivity contribution in [3.05, 3.63) is 6.33 Å². The summed E-state index contributed by atoms with van der Waals surface area (Å²) in [7, 11) is 0. The Morgan fingerprint density at radius 1 is 1.50 bits per heavy atom. The average Bonchev–Trinajstić information content (AvgIpc) is 2.76. The van der Waals surface area contributed by atoms with E-state index in [1.54, 1.807) is 6.92 Å². The molecular weight excluding hydrogens is 184 g/mol. The molecule has 0 unspecified atom stereocenters. The third-order valence-electron chi connectivity index (χ3n) is 1.58. The minimum absolute atomic E-state index is 0.287. The molecule has 0 atom stereocenters. The van der Waals surface area contributed by atoms with E-state index in [1.165, 1.54) is 6.33 Å². The zero-order chi connectivity index (χ0) is 9.97. The molecule has 0 amide bonds. The van der Waals surface area contributed by atoms with E-state index >= 15 is 0 Å². The maximum atomic E-state index is 5.53. The molecule has 14 heavy (non-hydrogen) atoms. The lowest BCUT2D eigenvalue weighted by Crippen LogP contribution is -2.26. The van der Waals surface area contributed by atoms with Gasteiger partial charge >= 0.3 is 0 Å². The number of hydrogen-bond donors (Lipinski definition) is 3. The fourth-order valence-electron chi connectivity index (χ4n) is 0.916. The molecule has 2 rings (SSSR count). The van der Waals surface area contributed by atoms with E-state index in [-0.39, 0.29) is 5.84 Å². The highest BCUT2D eigenvalue weighted by atomic mass is 15.4. The molecule has 0 saturated carbocycles. The third kappa shape index (κ3) is 1.44. The predicted molar refractivity (Wildman–Crippen MR) is 52.2 cm³/mol. The maximum absolute atomic E-state index is 5.53. The van der Waals surface area contributed by atoms with Crippen molar-refractivity contribution in [1.82, 2.24) is 15.2 Å². The number of aromatic nitrogens is 3. The summed E-state index contributed by atoms with van der Waals surface area (Å²) in [6.07, 6.45) is 1.44. The highest BCUT2D eigenvalue weighted by molar-refractivity contribution is 6.69. The summed E-state index contributed by atoms with van der Waals surface area (Å²) in [5.74, 6) is 0.722. The lowest BCUT2D eigenvalue weighted by atomic mass is 10.2. The molecule has 0 radical (unpaired) electrons. The lowest BCUT2D eigenvalue weighted by Gasteiger charge is -1.97. The van der Waals surface area contributed by atoms with Gasteiger partial charge in [0.25, 0.3) is 0 Å². The van der Waals surface area contributed by atoms with Gasteiger partial charge in [-0.05, 0) is 6.92 Å². The number of H-pyrrole nitrogens is 1. The number of anilines is 1. The molecule has 0 bridgehead atoms. The fourth-order valence-corrected chi connectivity index (χ4v) is 0.916. The molecular formula is C6H8N8. The summed E-state index contributed by atoms with van der Waals surface area (Å²) >= 11 is 0. The van der Waals surface area contributed by atoms with E-state index in [9.17, 15) is 0 Å². The smallest absolute Gasteiger partial charge is 0.242 e. The van der Waals surface area contributed by atoms with Crippen LogP contribution in [0.1, 0.15) is 6.92 Å². The molecule has 8 nitrogen and oxygen atoms in total. The van der Waals surface area contributed by atoms with Gasteiger partial charge in [-0.25, -0.2) is 5.43 Å². The van der Waals surface area contributed by atoms with Crippen LogP contribution in [0.4, 0.5) is 5.95 Å². The van der Waals surface area contributed by atoms with Crippen LogP contribution in [0, 0.1) is 0 Å². The summed E-state index contributed by atoms with van der Waals surface area (Å²) in [6, 6.07) is 0. The fraction of sp³-hybridized carbons (Fsp3) is 0.167. The molecule has 1 aliphatic rings. The van der Waals surface area contributed by atoms with Gasteiger partial charge in [-0.3, -0.25) is 0 Å². The Morgan fingerprint density at radius 2 is 2.36 bits per heavy atom. The van der Waals surface area contributed by atoms with Crippen molar-refractivity contribution < 1.29 is 0 Å². The van der Waals surface area contributed by atoms with E-state index in [0.29, 0.717) is 17.4 Å². The van der Waals surface area contributed by atoms with Crippen molar-refractivity contribution in [2.45, 2.75) is 6.92 Å². The molecule has 8 heteroatoms. The van der Waals surface area contributed by atoms with Crippen LogP contribution in [0.2, 0.25) is 0 Å². The van der Waals surface area contributed by atoms with Crippen LogP contribution in [-0.2, 0) is 0 Å². The number of aromatic amines is 1. The number of nitrogens with one attached hydrogen (secondary N) is 2. The van der Waals surface area contributed by atoms with Gasteiger partial charge in [0.1, 0.15) is 6.33 Å². The molecule has 0 fully saturated rings. The topological polar surface area (TPSA) is 117 Å². The zero-order valence-electron chi connectivity index (χ0n) is 7.39. The first kappa shape index (κ1) is 8.35. The van der Waals surface area contributed by atoms with Crippen LogP contribution < -0.4 is 11.2 Å². The van der Waals surface area contributed by atoms with E-state index < -0.39 is 0 Å². The molecule has 0 aliphatic carbocycles. The van der Waals surface area contributed by atoms with E-state index in [0.717, 1.165) is 0 Å². The lowest BCUT2D eigenvalue weighted by molar-refractivity contribution is 1.08. The molecule has 4 N–H and O–H groups in total. The van der Waals surface area contributed by atoms with Crippen molar-refractivity contribution >= 4 is 23.2 Å². The second kappa shape index (κ2) is 3.24. The molecule has 0 spiro atoms. The van der Waals surface area contributed by atoms with Crippen molar-refractivity contribution in [2.75, 3.05) is 5.43 Å². The quantitative estimate of drug-likeness (QED) is 0.538. The average molecular weight is 192 g/mol. The second-order valence-corrected chi connectivity index (χ2v) is 2.58. The summed E-state index contributed by atoms with van der Waals surface area (Å²) < 4.78 is 0. The molecule has 1 aromatic heterocycles. The van der Waals surface area contributed by atoms with Crippen LogP contribution >= 0.6 is 0 Å². The third-order valence-corrected chi connectivity index (χ3v) is 1.58. The number of rotatable bonds is 2. The van der Waals surface area contributed by atoms with Gasteiger partial charge in [0.15, 0.2) is 11.5 Å². The van der Waals surface area contributed by atoms with E-state index in [4.69, 9.17) is 5.73 Å². The van der Waals surface area contributed by atoms with Gasteiger partial charge in [0, 0.05) is 0 Å². The van der Waals surface area contributed by atoms with Gasteiger partial charge in [0.05, 0.1) is 5.71 Å². The van der Waals surface area contributed by atoms with Gasteiger partial charge in [-0.1, -0.05) is 0 Å². The monoisotopic (exact) mass is 192 g/mol. The zero-order valence-corrected chi connectivity index (χ0v) is 7.39. The molecule has 1 aromatic rings. The first-order valence-electron chi connectivity index (χ1n) is 3.85. The largest absolute Gasteiger partial charge is 0.380 e. The number of hydrogen-bond acceptors (Lipinski definition) is 7. The number of hydrazone groups is 1. The standard InChI is InChI=1S/C6H8N8/c1-3-4(5(7)12-10-3)11-14-6-8-2-9-13-6/h2H,1H3,(H2,7,11,12)(H2,8,9,13,14). The highest BCUT2D eigenvalue weighted by Crippen LogP contribution is 1.98. The van der Waals surface area contributed by atoms with Gasteiger partial charge < -0.3 is 10.7 Å². The Balaban J connectivity index is 2.12. The minimum atomic E-state index is 0.287. The number of amidine groups is 1. The first-order chi connectivity index (χ1) is 6.77. The predicted octanol–water partition coefficient (Wildman–Crippen LogP) is -0.681. The van der Waals surface area contributed by atoms with Gasteiger partial charge in [-0.15, -0.1) is 15.3 Å². The van der Waals surface area contributed by atoms with Crippen molar-refractivity contribution in [1.29, 1.82) is 0 Å². The summed E-state index contributed by atoms with van der Waals surface area (Å²) in [6.45, 7) is 1.77. The highest BCUT2D eigenvalue weighted by Gasteiger charge is 2.15. The SMILES string of the molecule is CC1=NN=C(N)/C1=N/Nc1nnc[nH]1. The van der Waals surface area contributed by atoms with Gasteiger partial charge in [-0.2, -0.15) is 10.2 Å². The Hall–Kier alpha value is -2.25. The Bertz CT molecular complexity index is 391. The Kier molecular flexibility index (Phi) is 1.94. The Morgan fingerprint density at radius 3 is 2.93 bits per heavy atom. The molecule has 2 heterocycles. The van der Waals surface area contributed by atoms with Crippen LogP contribution in [0.5, 0.6) is 0 Å². The summed E-state index contributed by atoms with van der Waals surface area (Å²) in [5, 5.41) is 18.7. The van der Waals surface area contributed by atoms with Crippen molar-refractivity contribution in [2.24, 2.45) is 21.0 Å². The van der Waals surface area contributed by atoms with Crippen LogP contribution in [0.15, 0.2) is 21.6 Å². The second-order valence-electron chi connectivity index (χ2n) is 2.58. The summed E-state index contributed by atoms with van der Waals surface area (Å²) in [4.78, 5) is 2.73. The maximum Gasteiger partial charge on any atom is 0.242 e. The first-order valence-corrected chi connectivity index (χ1v) is 3.85.